The first-order chi connectivity index (χ1) is 12.4. The number of benzene rings is 1. The molecule has 144 valence electrons. The zero-order valence-corrected chi connectivity index (χ0v) is 16.3. The number of aryl methyl sites for hydroxylation is 1. The third kappa shape index (κ3) is 4.09. The minimum absolute atomic E-state index is 0.0803. The van der Waals surface area contributed by atoms with Crippen molar-refractivity contribution < 1.29 is 13.9 Å². The highest BCUT2D eigenvalue weighted by atomic mass is 19.1. The molecule has 4 nitrogen and oxygen atoms in total. The maximum atomic E-state index is 14.2. The van der Waals surface area contributed by atoms with Crippen molar-refractivity contribution in [3.05, 3.63) is 34.6 Å². The fourth-order valence-corrected chi connectivity index (χ4v) is 4.56. The SMILES string of the molecule is COCCN1CC2(CCCN(Cc3ccc(C)c(F)c3C)C2)CCC1=O. The summed E-state index contributed by atoms with van der Waals surface area (Å²) in [5, 5.41) is 0. The summed E-state index contributed by atoms with van der Waals surface area (Å²) in [5.74, 6) is 0.171. The first-order valence-corrected chi connectivity index (χ1v) is 9.68. The van der Waals surface area contributed by atoms with Gasteiger partial charge in [-0.1, -0.05) is 12.1 Å². The fourth-order valence-electron chi connectivity index (χ4n) is 4.56. The molecule has 2 aliphatic heterocycles. The molecule has 2 fully saturated rings. The van der Waals surface area contributed by atoms with E-state index in [9.17, 15) is 9.18 Å². The summed E-state index contributed by atoms with van der Waals surface area (Å²) in [4.78, 5) is 16.7. The summed E-state index contributed by atoms with van der Waals surface area (Å²) in [7, 11) is 1.68. The number of carbonyl (C=O) groups excluding carboxylic acids is 1. The van der Waals surface area contributed by atoms with Crippen LogP contribution < -0.4 is 0 Å². The van der Waals surface area contributed by atoms with Crippen LogP contribution >= 0.6 is 0 Å². The van der Waals surface area contributed by atoms with Gasteiger partial charge in [0.2, 0.25) is 5.91 Å². The van der Waals surface area contributed by atoms with Gasteiger partial charge in [0.05, 0.1) is 6.61 Å². The molecule has 1 spiro atoms. The Balaban J connectivity index is 1.69. The molecule has 0 bridgehead atoms. The lowest BCUT2D eigenvalue weighted by Gasteiger charge is -2.48. The maximum Gasteiger partial charge on any atom is 0.222 e. The third-order valence-corrected chi connectivity index (χ3v) is 6.14. The van der Waals surface area contributed by atoms with Gasteiger partial charge in [-0.05, 0) is 56.3 Å². The zero-order valence-electron chi connectivity index (χ0n) is 16.3. The Morgan fingerprint density at radius 2 is 2.04 bits per heavy atom. The van der Waals surface area contributed by atoms with Crippen molar-refractivity contribution in [2.45, 2.75) is 46.1 Å². The lowest BCUT2D eigenvalue weighted by Crippen LogP contribution is -2.54. The number of methoxy groups -OCH3 is 1. The molecule has 0 aromatic heterocycles. The standard InChI is InChI=1S/C21H31FN2O2/c1-16-5-6-18(17(2)20(16)22)13-23-10-4-8-21(14-23)9-7-19(25)24(15-21)11-12-26-3/h5-6H,4,7-15H2,1-3H3. The van der Waals surface area contributed by atoms with Crippen molar-refractivity contribution in [2.24, 2.45) is 5.41 Å². The molecule has 1 unspecified atom stereocenters. The molecular weight excluding hydrogens is 331 g/mol. The van der Waals surface area contributed by atoms with E-state index < -0.39 is 0 Å². The van der Waals surface area contributed by atoms with Crippen LogP contribution in [0.5, 0.6) is 0 Å². The van der Waals surface area contributed by atoms with Crippen LogP contribution in [0, 0.1) is 25.1 Å². The minimum Gasteiger partial charge on any atom is -0.383 e. The minimum atomic E-state index is -0.0803. The third-order valence-electron chi connectivity index (χ3n) is 6.14. The van der Waals surface area contributed by atoms with Gasteiger partial charge >= 0.3 is 0 Å². The Morgan fingerprint density at radius 1 is 1.23 bits per heavy atom. The van der Waals surface area contributed by atoms with Crippen LogP contribution in [-0.4, -0.2) is 55.6 Å². The number of rotatable bonds is 5. The van der Waals surface area contributed by atoms with E-state index in [4.69, 9.17) is 4.74 Å². The van der Waals surface area contributed by atoms with Crippen LogP contribution in [-0.2, 0) is 16.1 Å². The Labute approximate surface area is 156 Å². The molecule has 0 N–H and O–H groups in total. The van der Waals surface area contributed by atoms with Crippen LogP contribution in [0.15, 0.2) is 12.1 Å². The Bertz CT molecular complexity index is 664. The topological polar surface area (TPSA) is 32.8 Å². The van der Waals surface area contributed by atoms with E-state index in [1.807, 2.05) is 24.8 Å². The molecule has 1 atom stereocenters. The number of carbonyl (C=O) groups is 1. The van der Waals surface area contributed by atoms with E-state index >= 15 is 0 Å². The largest absolute Gasteiger partial charge is 0.383 e. The number of amides is 1. The second kappa shape index (κ2) is 8.05. The number of hydrogen-bond donors (Lipinski definition) is 0. The number of halogens is 1. The first-order valence-electron chi connectivity index (χ1n) is 9.68. The monoisotopic (exact) mass is 362 g/mol. The molecule has 1 aromatic rings. The normalized spacial score (nSPS) is 24.5. The molecular formula is C21H31FN2O2. The highest BCUT2D eigenvalue weighted by Gasteiger charge is 2.41. The van der Waals surface area contributed by atoms with Crippen LogP contribution in [0.3, 0.4) is 0 Å². The van der Waals surface area contributed by atoms with E-state index in [0.717, 1.165) is 50.1 Å². The van der Waals surface area contributed by atoms with Crippen molar-refractivity contribution in [2.75, 3.05) is 39.9 Å². The molecule has 1 aromatic carbocycles. The highest BCUT2D eigenvalue weighted by Crippen LogP contribution is 2.39. The summed E-state index contributed by atoms with van der Waals surface area (Å²) in [5.41, 5.74) is 2.73. The second-order valence-corrected chi connectivity index (χ2v) is 8.10. The van der Waals surface area contributed by atoms with Crippen molar-refractivity contribution in [3.8, 4) is 0 Å². The fraction of sp³-hybridized carbons (Fsp3) is 0.667. The van der Waals surface area contributed by atoms with Gasteiger partial charge in [0.25, 0.3) is 0 Å². The summed E-state index contributed by atoms with van der Waals surface area (Å²) in [6, 6.07) is 3.94. The van der Waals surface area contributed by atoms with Gasteiger partial charge in [0.15, 0.2) is 0 Å². The van der Waals surface area contributed by atoms with Gasteiger partial charge < -0.3 is 9.64 Å². The van der Waals surface area contributed by atoms with Gasteiger partial charge in [-0.25, -0.2) is 4.39 Å². The van der Waals surface area contributed by atoms with Crippen LogP contribution in [0.25, 0.3) is 0 Å². The smallest absolute Gasteiger partial charge is 0.222 e. The molecule has 5 heteroatoms. The molecule has 26 heavy (non-hydrogen) atoms. The molecule has 0 aliphatic carbocycles. The number of hydrogen-bond acceptors (Lipinski definition) is 3. The lowest BCUT2D eigenvalue weighted by atomic mass is 9.73. The van der Waals surface area contributed by atoms with Crippen molar-refractivity contribution in [3.63, 3.8) is 0 Å². The quantitative estimate of drug-likeness (QED) is 0.806. The number of ether oxygens (including phenoxy) is 1. The molecule has 0 radical (unpaired) electrons. The predicted molar refractivity (Wildman–Crippen MR) is 101 cm³/mol. The van der Waals surface area contributed by atoms with E-state index in [2.05, 4.69) is 11.0 Å². The summed E-state index contributed by atoms with van der Waals surface area (Å²) >= 11 is 0. The van der Waals surface area contributed by atoms with Crippen LogP contribution in [0.4, 0.5) is 4.39 Å². The Hall–Kier alpha value is -1.46. The van der Waals surface area contributed by atoms with Crippen LogP contribution in [0.2, 0.25) is 0 Å². The van der Waals surface area contributed by atoms with Gasteiger partial charge in [0.1, 0.15) is 5.82 Å². The van der Waals surface area contributed by atoms with Gasteiger partial charge in [-0.3, -0.25) is 9.69 Å². The predicted octanol–water partition coefficient (Wildman–Crippen LogP) is 3.29. The van der Waals surface area contributed by atoms with Gasteiger partial charge in [0, 0.05) is 45.1 Å². The molecule has 1 amide bonds. The van der Waals surface area contributed by atoms with Crippen molar-refractivity contribution in [1.29, 1.82) is 0 Å². The van der Waals surface area contributed by atoms with Crippen molar-refractivity contribution in [1.82, 2.24) is 9.80 Å². The number of nitrogens with zero attached hydrogens (tertiary/aromatic N) is 2. The summed E-state index contributed by atoms with van der Waals surface area (Å²) < 4.78 is 19.4. The molecule has 2 saturated heterocycles. The van der Waals surface area contributed by atoms with E-state index in [-0.39, 0.29) is 17.1 Å². The lowest BCUT2D eigenvalue weighted by molar-refractivity contribution is -0.140. The molecule has 2 heterocycles. The Kier molecular flexibility index (Phi) is 5.98. The van der Waals surface area contributed by atoms with E-state index in [1.165, 1.54) is 6.42 Å². The molecule has 0 saturated carbocycles. The average Bonchev–Trinajstić information content (AvgIpc) is 2.63. The summed E-state index contributed by atoms with van der Waals surface area (Å²) in [6.07, 6.45) is 3.91. The van der Waals surface area contributed by atoms with E-state index in [1.54, 1.807) is 7.11 Å². The molecule has 2 aliphatic rings. The first kappa shape index (κ1) is 19.3. The zero-order chi connectivity index (χ0) is 18.7. The maximum absolute atomic E-state index is 14.2. The second-order valence-electron chi connectivity index (χ2n) is 8.10. The number of likely N-dealkylation sites (tertiary alicyclic amines) is 2. The average molecular weight is 362 g/mol. The van der Waals surface area contributed by atoms with Gasteiger partial charge in [-0.15, -0.1) is 0 Å². The Morgan fingerprint density at radius 3 is 2.81 bits per heavy atom. The summed E-state index contributed by atoms with van der Waals surface area (Å²) in [6.45, 7) is 8.61. The van der Waals surface area contributed by atoms with Crippen molar-refractivity contribution >= 4 is 5.91 Å². The van der Waals surface area contributed by atoms with E-state index in [0.29, 0.717) is 25.1 Å². The highest BCUT2D eigenvalue weighted by molar-refractivity contribution is 5.77. The van der Waals surface area contributed by atoms with Gasteiger partial charge in [-0.2, -0.15) is 0 Å². The molecule has 3 rings (SSSR count). The number of piperidine rings is 2. The van der Waals surface area contributed by atoms with Crippen LogP contribution in [0.1, 0.15) is 42.4 Å².